The zero-order chi connectivity index (χ0) is 26.4. The second-order valence-electron chi connectivity index (χ2n) is 8.24. The van der Waals surface area contributed by atoms with Gasteiger partial charge in [0.15, 0.2) is 23.1 Å². The van der Waals surface area contributed by atoms with Gasteiger partial charge in [-0.15, -0.1) is 0 Å². The first-order valence-corrected chi connectivity index (χ1v) is 12.2. The highest BCUT2D eigenvalue weighted by Crippen LogP contribution is 2.36. The van der Waals surface area contributed by atoms with E-state index >= 15 is 0 Å². The van der Waals surface area contributed by atoms with E-state index in [9.17, 15) is 10.2 Å². The number of aliphatic hydroxyl groups is 1. The van der Waals surface area contributed by atoms with Gasteiger partial charge in [-0.05, 0) is 34.3 Å². The first-order valence-electron chi connectivity index (χ1n) is 11.4. The van der Waals surface area contributed by atoms with Crippen molar-refractivity contribution in [1.29, 1.82) is 0 Å². The van der Waals surface area contributed by atoms with Crippen LogP contribution >= 0.6 is 23.2 Å². The molecule has 0 amide bonds. The van der Waals surface area contributed by atoms with Crippen molar-refractivity contribution >= 4 is 34.8 Å². The fourth-order valence-corrected chi connectivity index (χ4v) is 4.26. The topological polar surface area (TPSA) is 108 Å². The van der Waals surface area contributed by atoms with E-state index < -0.39 is 0 Å². The minimum absolute atomic E-state index is 0.0457. The van der Waals surface area contributed by atoms with Crippen LogP contribution in [0.5, 0.6) is 11.5 Å². The molecular formula is C26H26Cl2N6O3. The fraction of sp³-hybridized carbons (Fsp3) is 0.231. The summed E-state index contributed by atoms with van der Waals surface area (Å²) in [5.41, 5.74) is 2.11. The van der Waals surface area contributed by atoms with Crippen LogP contribution in [0.25, 0.3) is 0 Å². The van der Waals surface area contributed by atoms with Crippen molar-refractivity contribution in [3.05, 3.63) is 94.8 Å². The highest BCUT2D eigenvalue weighted by molar-refractivity contribution is 6.28. The van der Waals surface area contributed by atoms with Gasteiger partial charge >= 0.3 is 0 Å². The average Bonchev–Trinajstić information content (AvgIpc) is 2.92. The van der Waals surface area contributed by atoms with Gasteiger partial charge in [-0.25, -0.2) is 9.97 Å². The van der Waals surface area contributed by atoms with Crippen LogP contribution < -0.4 is 14.5 Å². The van der Waals surface area contributed by atoms with Gasteiger partial charge in [0.05, 0.1) is 31.1 Å². The van der Waals surface area contributed by atoms with E-state index in [-0.39, 0.29) is 40.8 Å². The van der Waals surface area contributed by atoms with Gasteiger partial charge in [0.25, 0.3) is 0 Å². The van der Waals surface area contributed by atoms with Gasteiger partial charge in [0.1, 0.15) is 6.61 Å². The van der Waals surface area contributed by atoms with Crippen molar-refractivity contribution in [2.24, 2.45) is 0 Å². The lowest BCUT2D eigenvalue weighted by Gasteiger charge is -2.34. The van der Waals surface area contributed by atoms with Crippen LogP contribution in [0.3, 0.4) is 0 Å². The molecule has 0 bridgehead atoms. The summed E-state index contributed by atoms with van der Waals surface area (Å²) in [6, 6.07) is 19.5. The SMILES string of the molecule is CN(c1nc(Cl)ncc1O)[C@@H](CO)c1ccccc1.CN1c2nc(Cl)ncc2OC[C@H]1c1ccccc1. The Labute approximate surface area is 224 Å². The van der Waals surface area contributed by atoms with E-state index in [0.717, 1.165) is 11.4 Å². The molecule has 4 aromatic rings. The maximum absolute atomic E-state index is 9.79. The van der Waals surface area contributed by atoms with E-state index in [4.69, 9.17) is 27.9 Å². The smallest absolute Gasteiger partial charge is 0.224 e. The molecule has 2 atom stereocenters. The predicted octanol–water partition coefficient (Wildman–Crippen LogP) is 4.71. The molecule has 5 rings (SSSR count). The second-order valence-corrected chi connectivity index (χ2v) is 8.92. The number of anilines is 2. The Morgan fingerprint density at radius 3 is 2.30 bits per heavy atom. The number of aromatic hydroxyl groups is 1. The number of ether oxygens (including phenoxy) is 1. The molecular weight excluding hydrogens is 515 g/mol. The van der Waals surface area contributed by atoms with Crippen LogP contribution in [0, 0.1) is 0 Å². The zero-order valence-electron chi connectivity index (χ0n) is 20.2. The molecule has 37 heavy (non-hydrogen) atoms. The molecule has 0 spiro atoms. The summed E-state index contributed by atoms with van der Waals surface area (Å²) in [4.78, 5) is 19.6. The van der Waals surface area contributed by atoms with E-state index in [1.807, 2.05) is 55.6 Å². The summed E-state index contributed by atoms with van der Waals surface area (Å²) in [6.07, 6.45) is 2.85. The highest BCUT2D eigenvalue weighted by Gasteiger charge is 2.27. The standard InChI is InChI=1S/C13H14ClN3O2.C13H12ClN3O/c1-17(12-11(19)7-15-13(14)16-12)10(8-18)9-5-3-2-4-6-9;1-17-10(9-5-3-2-4-6-9)8-18-11-7-15-13(14)16-12(11)17/h2-7,10,18-19H,8H2,1H3;2-7,10H,8H2,1H3/t2*10-/m00/s1. The summed E-state index contributed by atoms with van der Waals surface area (Å²) in [6.45, 7) is 0.472. The van der Waals surface area contributed by atoms with E-state index in [0.29, 0.717) is 12.4 Å². The number of hydrogen-bond acceptors (Lipinski definition) is 9. The van der Waals surface area contributed by atoms with Gasteiger partial charge in [0, 0.05) is 14.1 Å². The summed E-state index contributed by atoms with van der Waals surface area (Å²) < 4.78 is 5.69. The van der Waals surface area contributed by atoms with Crippen LogP contribution in [0.1, 0.15) is 23.2 Å². The molecule has 9 nitrogen and oxygen atoms in total. The van der Waals surface area contributed by atoms with Gasteiger partial charge < -0.3 is 24.7 Å². The Balaban J connectivity index is 0.000000173. The lowest BCUT2D eigenvalue weighted by Crippen LogP contribution is -2.34. The number of fused-ring (bicyclic) bond motifs is 1. The number of rotatable bonds is 5. The number of hydrogen-bond donors (Lipinski definition) is 2. The largest absolute Gasteiger partial charge is 0.503 e. The number of benzene rings is 2. The fourth-order valence-electron chi connectivity index (χ4n) is 4.00. The molecule has 1 aliphatic rings. The second kappa shape index (κ2) is 12.1. The highest BCUT2D eigenvalue weighted by atomic mass is 35.5. The molecule has 11 heteroatoms. The number of aliphatic hydroxyl groups excluding tert-OH is 1. The Bertz CT molecular complexity index is 1320. The molecule has 0 saturated heterocycles. The molecule has 192 valence electrons. The molecule has 0 unspecified atom stereocenters. The van der Waals surface area contributed by atoms with Crippen molar-refractivity contribution in [2.45, 2.75) is 12.1 Å². The Kier molecular flexibility index (Phi) is 8.60. The average molecular weight is 541 g/mol. The van der Waals surface area contributed by atoms with Crippen LogP contribution in [-0.4, -0.2) is 57.5 Å². The van der Waals surface area contributed by atoms with Crippen molar-refractivity contribution < 1.29 is 14.9 Å². The van der Waals surface area contributed by atoms with Crippen molar-refractivity contribution in [1.82, 2.24) is 19.9 Å². The minimum atomic E-state index is -0.321. The van der Waals surface area contributed by atoms with Gasteiger partial charge in [-0.3, -0.25) is 0 Å². The third kappa shape index (κ3) is 6.19. The van der Waals surface area contributed by atoms with Gasteiger partial charge in [-0.1, -0.05) is 60.7 Å². The first kappa shape index (κ1) is 26.4. The first-order chi connectivity index (χ1) is 17.9. The Morgan fingerprint density at radius 2 is 1.62 bits per heavy atom. The normalized spacial score (nSPS) is 15.1. The van der Waals surface area contributed by atoms with Gasteiger partial charge in [0.2, 0.25) is 10.6 Å². The number of halogens is 2. The quantitative estimate of drug-likeness (QED) is 0.348. The third-order valence-electron chi connectivity index (χ3n) is 5.97. The maximum Gasteiger partial charge on any atom is 0.224 e. The molecule has 2 aromatic heterocycles. The summed E-state index contributed by atoms with van der Waals surface area (Å²) in [5.74, 6) is 1.60. The van der Waals surface area contributed by atoms with Crippen LogP contribution in [0.4, 0.5) is 11.6 Å². The zero-order valence-corrected chi connectivity index (χ0v) is 21.8. The molecule has 0 aliphatic carbocycles. The molecule has 0 saturated carbocycles. The lowest BCUT2D eigenvalue weighted by molar-refractivity contribution is 0.263. The van der Waals surface area contributed by atoms with E-state index in [2.05, 4.69) is 37.0 Å². The Morgan fingerprint density at radius 1 is 1.00 bits per heavy atom. The maximum atomic E-state index is 9.79. The van der Waals surface area contributed by atoms with E-state index in [1.54, 1.807) is 18.1 Å². The van der Waals surface area contributed by atoms with Crippen LogP contribution in [-0.2, 0) is 0 Å². The monoisotopic (exact) mass is 540 g/mol. The van der Waals surface area contributed by atoms with E-state index in [1.165, 1.54) is 11.8 Å². The molecule has 2 aromatic carbocycles. The van der Waals surface area contributed by atoms with Crippen LogP contribution in [0.15, 0.2) is 73.1 Å². The molecule has 2 N–H and O–H groups in total. The van der Waals surface area contributed by atoms with Crippen molar-refractivity contribution in [2.75, 3.05) is 37.1 Å². The molecule has 1 aliphatic heterocycles. The summed E-state index contributed by atoms with van der Waals surface area (Å²) >= 11 is 11.6. The summed E-state index contributed by atoms with van der Waals surface area (Å²) in [7, 11) is 3.72. The number of aromatic nitrogens is 4. The van der Waals surface area contributed by atoms with Crippen molar-refractivity contribution in [3.8, 4) is 11.5 Å². The molecule has 0 radical (unpaired) electrons. The van der Waals surface area contributed by atoms with Crippen molar-refractivity contribution in [3.63, 3.8) is 0 Å². The molecule has 3 heterocycles. The number of likely N-dealkylation sites (N-methyl/N-ethyl adjacent to an activating group) is 2. The third-order valence-corrected chi connectivity index (χ3v) is 6.33. The molecule has 0 fully saturated rings. The Hall–Kier alpha value is -3.66. The van der Waals surface area contributed by atoms with Gasteiger partial charge in [-0.2, -0.15) is 9.97 Å². The predicted molar refractivity (Wildman–Crippen MR) is 144 cm³/mol. The van der Waals surface area contributed by atoms with Crippen LogP contribution in [0.2, 0.25) is 10.6 Å². The lowest BCUT2D eigenvalue weighted by atomic mass is 10.1. The summed E-state index contributed by atoms with van der Waals surface area (Å²) in [5, 5.41) is 19.6. The minimum Gasteiger partial charge on any atom is -0.503 e. The number of nitrogens with zero attached hydrogens (tertiary/aromatic N) is 6.